The number of hydrogen-bond donors (Lipinski definition) is 7. The zero-order valence-electron chi connectivity index (χ0n) is 25.5. The first-order valence-electron chi connectivity index (χ1n) is 14.6. The predicted molar refractivity (Wildman–Crippen MR) is 163 cm³/mol. The van der Waals surface area contributed by atoms with Crippen LogP contribution in [0.1, 0.15) is 58.9 Å². The van der Waals surface area contributed by atoms with Crippen LogP contribution in [0.15, 0.2) is 35.3 Å². The van der Waals surface area contributed by atoms with Crippen molar-refractivity contribution in [2.24, 2.45) is 34.2 Å². The van der Waals surface area contributed by atoms with Crippen LogP contribution in [0.4, 0.5) is 0 Å². The Hall–Kier alpha value is -3.84. The number of carbonyl (C=O) groups excluding carboxylic acids is 4. The van der Waals surface area contributed by atoms with Crippen LogP contribution in [0.2, 0.25) is 0 Å². The van der Waals surface area contributed by atoms with Crippen LogP contribution in [0.5, 0.6) is 0 Å². The smallest absolute Gasteiger partial charge is 0.326 e. The first kappa shape index (κ1) is 37.2. The summed E-state index contributed by atoms with van der Waals surface area (Å²) in [5.74, 6) is -5.61. The fraction of sp³-hybridized carbons (Fsp3) is 0.600. The number of carbonyl (C=O) groups is 5. The number of Topliss-reactive ketones (excluding diaryl/α,β-unsaturated/α-hetero) is 2. The lowest BCUT2D eigenvalue weighted by Crippen LogP contribution is -2.50. The van der Waals surface area contributed by atoms with Crippen molar-refractivity contribution >= 4 is 35.3 Å². The zero-order chi connectivity index (χ0) is 32.5. The van der Waals surface area contributed by atoms with Crippen LogP contribution in [-0.4, -0.2) is 83.3 Å². The molecule has 0 spiro atoms. The maximum Gasteiger partial charge on any atom is 0.326 e. The summed E-state index contributed by atoms with van der Waals surface area (Å²) in [5.41, 5.74) is 11.4. The van der Waals surface area contributed by atoms with Gasteiger partial charge in [-0.15, -0.1) is 0 Å². The number of rotatable bonds is 21. The number of aliphatic carboxylic acids is 1. The molecule has 9 N–H and O–H groups in total. The number of benzene rings is 1. The molecule has 0 saturated carbocycles. The van der Waals surface area contributed by atoms with Crippen molar-refractivity contribution in [1.82, 2.24) is 16.0 Å². The summed E-state index contributed by atoms with van der Waals surface area (Å²) < 4.78 is 0. The van der Waals surface area contributed by atoms with E-state index < -0.39 is 60.5 Å². The predicted octanol–water partition coefficient (Wildman–Crippen LogP) is 0.134. The molecular formula is C30H48N6O7. The molecule has 0 radical (unpaired) electrons. The Morgan fingerprint density at radius 3 is 2.07 bits per heavy atom. The van der Waals surface area contributed by atoms with E-state index in [2.05, 4.69) is 20.9 Å². The Morgan fingerprint density at radius 2 is 1.53 bits per heavy atom. The van der Waals surface area contributed by atoms with Gasteiger partial charge < -0.3 is 37.6 Å². The van der Waals surface area contributed by atoms with Crippen LogP contribution in [-0.2, 0) is 30.4 Å². The number of aliphatic hydroxyl groups is 1. The highest BCUT2D eigenvalue weighted by molar-refractivity contribution is 5.95. The monoisotopic (exact) mass is 604 g/mol. The highest BCUT2D eigenvalue weighted by Crippen LogP contribution is 2.17. The fourth-order valence-electron chi connectivity index (χ4n) is 4.38. The van der Waals surface area contributed by atoms with E-state index in [1.54, 1.807) is 44.2 Å². The Labute approximate surface area is 253 Å². The molecule has 0 heterocycles. The maximum absolute atomic E-state index is 13.3. The van der Waals surface area contributed by atoms with Crippen molar-refractivity contribution in [2.75, 3.05) is 19.7 Å². The van der Waals surface area contributed by atoms with E-state index in [9.17, 15) is 34.2 Å². The van der Waals surface area contributed by atoms with E-state index in [0.29, 0.717) is 18.4 Å². The topological polar surface area (TPSA) is 226 Å². The minimum absolute atomic E-state index is 0.0225. The van der Waals surface area contributed by atoms with Crippen molar-refractivity contribution < 1.29 is 34.2 Å². The molecule has 0 aliphatic heterocycles. The highest BCUT2D eigenvalue weighted by Gasteiger charge is 2.33. The molecule has 43 heavy (non-hydrogen) atoms. The SMILES string of the molecule is CC(C)NCC(=O)C[C@@H](CCCN=C(N)N)C(=O)N[C@H](C(=O)C[C@@H](CO)C(=O)N[C@@H](Cc1ccccc1)C(=O)O)C(C)C. The third-order valence-electron chi connectivity index (χ3n) is 6.80. The van der Waals surface area contributed by atoms with E-state index in [1.807, 2.05) is 13.8 Å². The summed E-state index contributed by atoms with van der Waals surface area (Å²) in [6.45, 7) is 6.92. The first-order chi connectivity index (χ1) is 20.2. The molecule has 0 unspecified atom stereocenters. The normalized spacial score (nSPS) is 13.9. The summed E-state index contributed by atoms with van der Waals surface area (Å²) in [4.78, 5) is 67.9. The van der Waals surface area contributed by atoms with Gasteiger partial charge in [-0.3, -0.25) is 24.2 Å². The van der Waals surface area contributed by atoms with Crippen LogP contribution < -0.4 is 27.4 Å². The molecule has 0 saturated heterocycles. The molecule has 4 atom stereocenters. The maximum atomic E-state index is 13.3. The number of hydrogen-bond acceptors (Lipinski definition) is 8. The molecule has 0 aromatic heterocycles. The summed E-state index contributed by atoms with van der Waals surface area (Å²) in [5, 5.41) is 27.7. The number of carboxylic acid groups (broad SMARTS) is 1. The number of nitrogens with two attached hydrogens (primary N) is 2. The number of nitrogens with one attached hydrogen (secondary N) is 3. The molecule has 0 fully saturated rings. The molecule has 13 heteroatoms. The number of ketones is 2. The van der Waals surface area contributed by atoms with Crippen LogP contribution in [0.3, 0.4) is 0 Å². The molecular weight excluding hydrogens is 556 g/mol. The van der Waals surface area contributed by atoms with Crippen LogP contribution in [0.25, 0.3) is 0 Å². The minimum atomic E-state index is -1.26. The van der Waals surface area contributed by atoms with Gasteiger partial charge in [-0.1, -0.05) is 58.0 Å². The Bertz CT molecular complexity index is 1090. The van der Waals surface area contributed by atoms with Crippen LogP contribution in [0, 0.1) is 17.8 Å². The van der Waals surface area contributed by atoms with Crippen molar-refractivity contribution in [3.05, 3.63) is 35.9 Å². The summed E-state index contributed by atoms with van der Waals surface area (Å²) in [6.07, 6.45) is 0.284. The average Bonchev–Trinajstić information content (AvgIpc) is 2.94. The molecule has 13 nitrogen and oxygen atoms in total. The van der Waals surface area contributed by atoms with E-state index in [4.69, 9.17) is 11.5 Å². The largest absolute Gasteiger partial charge is 0.480 e. The lowest BCUT2D eigenvalue weighted by molar-refractivity contribution is -0.143. The van der Waals surface area contributed by atoms with Crippen molar-refractivity contribution in [3.8, 4) is 0 Å². The van der Waals surface area contributed by atoms with Crippen LogP contribution >= 0.6 is 0 Å². The second kappa shape index (κ2) is 19.4. The number of carboxylic acids is 1. The third kappa shape index (κ3) is 14.8. The van der Waals surface area contributed by atoms with Gasteiger partial charge in [-0.25, -0.2) is 4.79 Å². The minimum Gasteiger partial charge on any atom is -0.480 e. The summed E-state index contributed by atoms with van der Waals surface area (Å²) in [6, 6.07) is 6.56. The van der Waals surface area contributed by atoms with Gasteiger partial charge in [0.1, 0.15) is 11.8 Å². The Morgan fingerprint density at radius 1 is 0.907 bits per heavy atom. The summed E-state index contributed by atoms with van der Waals surface area (Å²) >= 11 is 0. The standard InChI is InChI=1S/C30H48N6O7/c1-18(2)26(36-27(40)21(11-8-12-33-30(31)32)14-23(38)16-34-19(3)4)25(39)15-22(17-37)28(41)35-24(29(42)43)13-20-9-6-5-7-10-20/h5-7,9-10,18-19,21-22,24,26,34,37H,8,11-17H2,1-4H3,(H,35,41)(H,36,40)(H,42,43)(H4,31,32,33)/t21-,22+,24+,26+/m1/s1. The molecule has 240 valence electrons. The van der Waals surface area contributed by atoms with Gasteiger partial charge >= 0.3 is 5.97 Å². The Balaban J connectivity index is 2.96. The molecule has 0 bridgehead atoms. The average molecular weight is 605 g/mol. The van der Waals surface area contributed by atoms with Gasteiger partial charge in [0.2, 0.25) is 11.8 Å². The van der Waals surface area contributed by atoms with Gasteiger partial charge in [0, 0.05) is 37.8 Å². The lowest BCUT2D eigenvalue weighted by Gasteiger charge is -2.26. The molecule has 0 aliphatic carbocycles. The van der Waals surface area contributed by atoms with Gasteiger partial charge in [0.05, 0.1) is 25.1 Å². The number of amides is 2. The third-order valence-corrected chi connectivity index (χ3v) is 6.80. The van der Waals surface area contributed by atoms with Gasteiger partial charge in [-0.05, 0) is 24.3 Å². The van der Waals surface area contributed by atoms with Gasteiger partial charge in [0.25, 0.3) is 0 Å². The number of aliphatic hydroxyl groups excluding tert-OH is 1. The van der Waals surface area contributed by atoms with Crippen molar-refractivity contribution in [1.29, 1.82) is 0 Å². The molecule has 1 aromatic carbocycles. The van der Waals surface area contributed by atoms with Gasteiger partial charge in [0.15, 0.2) is 11.7 Å². The Kier molecular flexibility index (Phi) is 16.7. The molecule has 0 aliphatic rings. The van der Waals surface area contributed by atoms with Crippen molar-refractivity contribution in [2.45, 2.75) is 77.9 Å². The molecule has 1 aromatic rings. The second-order valence-corrected chi connectivity index (χ2v) is 11.3. The fourth-order valence-corrected chi connectivity index (χ4v) is 4.38. The van der Waals surface area contributed by atoms with Crippen molar-refractivity contribution in [3.63, 3.8) is 0 Å². The first-order valence-corrected chi connectivity index (χ1v) is 14.6. The molecule has 2 amide bonds. The highest BCUT2D eigenvalue weighted by atomic mass is 16.4. The van der Waals surface area contributed by atoms with E-state index in [-0.39, 0.29) is 49.6 Å². The lowest BCUT2D eigenvalue weighted by atomic mass is 9.90. The van der Waals surface area contributed by atoms with Gasteiger partial charge in [-0.2, -0.15) is 0 Å². The number of guanidine groups is 1. The zero-order valence-corrected chi connectivity index (χ0v) is 25.5. The van der Waals surface area contributed by atoms with E-state index in [0.717, 1.165) is 0 Å². The number of aliphatic imine (C=N–C) groups is 1. The number of nitrogens with zero attached hydrogens (tertiary/aromatic N) is 1. The van der Waals surface area contributed by atoms with E-state index >= 15 is 0 Å². The quantitative estimate of drug-likeness (QED) is 0.0570. The second-order valence-electron chi connectivity index (χ2n) is 11.3. The summed E-state index contributed by atoms with van der Waals surface area (Å²) in [7, 11) is 0. The molecule has 1 rings (SSSR count). The van der Waals surface area contributed by atoms with E-state index in [1.165, 1.54) is 0 Å².